The molecule has 1 aromatic heterocycles. The lowest BCUT2D eigenvalue weighted by Gasteiger charge is -2.16. The molecule has 158 valence electrons. The number of primary amides is 1. The first kappa shape index (κ1) is 23.0. The fourth-order valence-corrected chi connectivity index (χ4v) is 5.17. The minimum absolute atomic E-state index is 0.0626. The van der Waals surface area contributed by atoms with E-state index < -0.39 is 48.7 Å². The molecule has 29 heavy (non-hydrogen) atoms. The van der Waals surface area contributed by atoms with Crippen LogP contribution >= 0.6 is 22.9 Å². The third-order valence-corrected chi connectivity index (χ3v) is 6.97. The second-order valence-electron chi connectivity index (χ2n) is 6.16. The molecule has 0 saturated carbocycles. The zero-order chi connectivity index (χ0) is 22.1. The lowest BCUT2D eigenvalue weighted by molar-refractivity contribution is -0.130. The number of sulfone groups is 1. The predicted molar refractivity (Wildman–Crippen MR) is 101 cm³/mol. The van der Waals surface area contributed by atoms with E-state index in [0.29, 0.717) is 11.3 Å². The summed E-state index contributed by atoms with van der Waals surface area (Å²) in [5.41, 5.74) is 3.06. The van der Waals surface area contributed by atoms with Crippen LogP contribution in [0.3, 0.4) is 0 Å². The number of halogens is 3. The van der Waals surface area contributed by atoms with Gasteiger partial charge in [0.05, 0.1) is 5.56 Å². The van der Waals surface area contributed by atoms with Crippen molar-refractivity contribution in [1.29, 1.82) is 0 Å². The van der Waals surface area contributed by atoms with Gasteiger partial charge in [-0.3, -0.25) is 9.59 Å². The van der Waals surface area contributed by atoms with Gasteiger partial charge in [-0.1, -0.05) is 11.6 Å². The SMILES string of the molecule is CC(C)(O)C(=O)Nc1sc(S(=O)(=O)c2cc(Cl)ccc2OC(F)F)cc1C(N)=O. The summed E-state index contributed by atoms with van der Waals surface area (Å²) in [7, 11) is -4.49. The van der Waals surface area contributed by atoms with Gasteiger partial charge >= 0.3 is 6.61 Å². The average molecular weight is 469 g/mol. The van der Waals surface area contributed by atoms with E-state index in [9.17, 15) is 31.9 Å². The minimum atomic E-state index is -4.49. The Labute approximate surface area is 173 Å². The summed E-state index contributed by atoms with van der Waals surface area (Å²) in [6.07, 6.45) is 0. The van der Waals surface area contributed by atoms with Crippen molar-refractivity contribution in [2.24, 2.45) is 5.73 Å². The second-order valence-corrected chi connectivity index (χ2v) is 9.79. The molecule has 0 radical (unpaired) electrons. The number of benzene rings is 1. The van der Waals surface area contributed by atoms with Crippen LogP contribution in [0.4, 0.5) is 13.8 Å². The number of amides is 2. The van der Waals surface area contributed by atoms with Crippen LogP contribution in [0.1, 0.15) is 24.2 Å². The molecule has 0 atom stereocenters. The van der Waals surface area contributed by atoms with Gasteiger partial charge in [-0.25, -0.2) is 8.42 Å². The molecule has 0 bridgehead atoms. The van der Waals surface area contributed by atoms with E-state index in [0.717, 1.165) is 24.3 Å². The molecule has 0 aliphatic rings. The Bertz CT molecular complexity index is 1060. The van der Waals surface area contributed by atoms with Crippen LogP contribution in [0.2, 0.25) is 5.02 Å². The Morgan fingerprint density at radius 2 is 1.93 bits per heavy atom. The minimum Gasteiger partial charge on any atom is -0.433 e. The maximum Gasteiger partial charge on any atom is 0.387 e. The van der Waals surface area contributed by atoms with Crippen LogP contribution in [0, 0.1) is 0 Å². The highest BCUT2D eigenvalue weighted by atomic mass is 35.5. The van der Waals surface area contributed by atoms with Gasteiger partial charge in [-0.15, -0.1) is 11.3 Å². The highest BCUT2D eigenvalue weighted by Gasteiger charge is 2.31. The van der Waals surface area contributed by atoms with Gasteiger partial charge in [0.25, 0.3) is 11.8 Å². The van der Waals surface area contributed by atoms with Crippen LogP contribution < -0.4 is 15.8 Å². The van der Waals surface area contributed by atoms with E-state index in [4.69, 9.17) is 17.3 Å². The molecule has 0 spiro atoms. The maximum absolute atomic E-state index is 13.0. The van der Waals surface area contributed by atoms with Crippen molar-refractivity contribution in [2.75, 3.05) is 5.32 Å². The first-order valence-electron chi connectivity index (χ1n) is 7.70. The molecule has 2 aromatic rings. The summed E-state index contributed by atoms with van der Waals surface area (Å²) in [6, 6.07) is 3.92. The van der Waals surface area contributed by atoms with Gasteiger partial charge in [-0.2, -0.15) is 8.78 Å². The number of alkyl halides is 2. The van der Waals surface area contributed by atoms with Gasteiger partial charge in [0.1, 0.15) is 25.5 Å². The molecule has 0 fully saturated rings. The smallest absolute Gasteiger partial charge is 0.387 e. The standard InChI is InChI=1S/C16H15ClF2N2O6S2/c1-16(2,24)14(23)21-13-8(12(20)22)6-11(28-13)29(25,26)10-5-7(17)3-4-9(10)27-15(18)19/h3-6,15,24H,1-2H3,(H2,20,22)(H,21,23). The van der Waals surface area contributed by atoms with Crippen molar-refractivity contribution in [3.8, 4) is 5.75 Å². The third kappa shape index (κ3) is 5.21. The van der Waals surface area contributed by atoms with Crippen molar-refractivity contribution in [3.05, 3.63) is 34.9 Å². The molecule has 0 aliphatic heterocycles. The first-order chi connectivity index (χ1) is 13.2. The summed E-state index contributed by atoms with van der Waals surface area (Å²) in [6.45, 7) is -0.939. The normalized spacial score (nSPS) is 12.1. The van der Waals surface area contributed by atoms with Crippen molar-refractivity contribution in [1.82, 2.24) is 0 Å². The molecule has 4 N–H and O–H groups in total. The zero-order valence-corrected chi connectivity index (χ0v) is 17.3. The molecule has 1 heterocycles. The van der Waals surface area contributed by atoms with E-state index >= 15 is 0 Å². The lowest BCUT2D eigenvalue weighted by Crippen LogP contribution is -2.36. The summed E-state index contributed by atoms with van der Waals surface area (Å²) in [4.78, 5) is 23.0. The number of aliphatic hydroxyl groups is 1. The summed E-state index contributed by atoms with van der Waals surface area (Å²) < 4.78 is 55.0. The number of anilines is 1. The van der Waals surface area contributed by atoms with E-state index in [2.05, 4.69) is 10.1 Å². The van der Waals surface area contributed by atoms with Crippen molar-refractivity contribution >= 4 is 49.6 Å². The largest absolute Gasteiger partial charge is 0.433 e. The van der Waals surface area contributed by atoms with Crippen LogP contribution in [0.15, 0.2) is 33.4 Å². The number of carbonyl (C=O) groups excluding carboxylic acids is 2. The maximum atomic E-state index is 13.0. The summed E-state index contributed by atoms with van der Waals surface area (Å²) in [5, 5.41) is 11.7. The Kier molecular flexibility index (Phi) is 6.52. The van der Waals surface area contributed by atoms with Gasteiger partial charge in [0.15, 0.2) is 0 Å². The van der Waals surface area contributed by atoms with Gasteiger partial charge in [0, 0.05) is 5.02 Å². The van der Waals surface area contributed by atoms with E-state index in [-0.39, 0.29) is 15.6 Å². The number of carbonyl (C=O) groups is 2. The number of nitrogens with two attached hydrogens (primary N) is 1. The third-order valence-electron chi connectivity index (χ3n) is 3.43. The molecule has 1 aromatic carbocycles. The zero-order valence-electron chi connectivity index (χ0n) is 14.9. The lowest BCUT2D eigenvalue weighted by atomic mass is 10.1. The quantitative estimate of drug-likeness (QED) is 0.571. The number of ether oxygens (including phenoxy) is 1. The molecular formula is C16H15ClF2N2O6S2. The number of hydrogen-bond donors (Lipinski definition) is 3. The van der Waals surface area contributed by atoms with Crippen LogP contribution in [0.25, 0.3) is 0 Å². The Morgan fingerprint density at radius 3 is 2.45 bits per heavy atom. The van der Waals surface area contributed by atoms with Crippen LogP contribution in [0.5, 0.6) is 5.75 Å². The molecule has 13 heteroatoms. The predicted octanol–water partition coefficient (Wildman–Crippen LogP) is 2.64. The van der Waals surface area contributed by atoms with Crippen LogP contribution in [-0.2, 0) is 14.6 Å². The van der Waals surface area contributed by atoms with Gasteiger partial charge in [-0.05, 0) is 38.1 Å². The molecular weight excluding hydrogens is 454 g/mol. The second kappa shape index (κ2) is 8.22. The molecule has 2 rings (SSSR count). The van der Waals surface area contributed by atoms with E-state index in [1.165, 1.54) is 13.8 Å². The van der Waals surface area contributed by atoms with Crippen molar-refractivity contribution < 1.29 is 36.6 Å². The van der Waals surface area contributed by atoms with E-state index in [1.807, 2.05) is 0 Å². The Morgan fingerprint density at radius 1 is 1.31 bits per heavy atom. The fraction of sp³-hybridized carbons (Fsp3) is 0.250. The molecule has 0 saturated heterocycles. The van der Waals surface area contributed by atoms with E-state index in [1.54, 1.807) is 0 Å². The molecule has 2 amide bonds. The fourth-order valence-electron chi connectivity index (χ4n) is 2.03. The Balaban J connectivity index is 2.60. The topological polar surface area (TPSA) is 136 Å². The molecule has 0 unspecified atom stereocenters. The van der Waals surface area contributed by atoms with Gasteiger partial charge < -0.3 is 20.9 Å². The number of nitrogens with one attached hydrogen (secondary N) is 1. The number of rotatable bonds is 7. The molecule has 0 aliphatic carbocycles. The van der Waals surface area contributed by atoms with Crippen molar-refractivity contribution in [3.63, 3.8) is 0 Å². The molecule has 8 nitrogen and oxygen atoms in total. The highest BCUT2D eigenvalue weighted by molar-refractivity contribution is 7.93. The summed E-state index contributed by atoms with van der Waals surface area (Å²) >= 11 is 6.24. The highest BCUT2D eigenvalue weighted by Crippen LogP contribution is 2.39. The first-order valence-corrected chi connectivity index (χ1v) is 10.4. The van der Waals surface area contributed by atoms with Crippen LogP contribution in [-0.4, -0.2) is 37.6 Å². The van der Waals surface area contributed by atoms with Gasteiger partial charge in [0.2, 0.25) is 9.84 Å². The van der Waals surface area contributed by atoms with Crippen molar-refractivity contribution in [2.45, 2.75) is 35.2 Å². The average Bonchev–Trinajstić information content (AvgIpc) is 3.00. The summed E-state index contributed by atoms with van der Waals surface area (Å²) in [5.74, 6) is -2.63. The number of hydrogen-bond acceptors (Lipinski definition) is 7. The Hall–Kier alpha value is -2.28. The number of thiophene rings is 1. The monoisotopic (exact) mass is 468 g/mol.